The standard InChI is InChI=1S/C19H27N3O2/c1-5-6-12-20-13-15-11-10-14-8-7-9-16(17(14)21-15)22-18(23)24-19(2,3)4/h7-11,20H,5-6,12-13H2,1-4H3,(H,22,23). The van der Waals surface area contributed by atoms with Crippen LogP contribution in [0.5, 0.6) is 0 Å². The number of carbonyl (C=O) groups is 1. The van der Waals surface area contributed by atoms with E-state index in [-0.39, 0.29) is 0 Å². The average molecular weight is 329 g/mol. The predicted octanol–water partition coefficient (Wildman–Crippen LogP) is 4.47. The first-order valence-electron chi connectivity index (χ1n) is 8.48. The van der Waals surface area contributed by atoms with E-state index in [0.717, 1.165) is 36.1 Å². The first-order valence-corrected chi connectivity index (χ1v) is 8.48. The quantitative estimate of drug-likeness (QED) is 0.767. The topological polar surface area (TPSA) is 63.2 Å². The summed E-state index contributed by atoms with van der Waals surface area (Å²) in [6.07, 6.45) is 1.85. The summed E-state index contributed by atoms with van der Waals surface area (Å²) in [5.74, 6) is 0. The zero-order chi connectivity index (χ0) is 17.6. The molecule has 0 aliphatic carbocycles. The summed E-state index contributed by atoms with van der Waals surface area (Å²) < 4.78 is 5.32. The van der Waals surface area contributed by atoms with Crippen LogP contribution < -0.4 is 10.6 Å². The van der Waals surface area contributed by atoms with Gasteiger partial charge < -0.3 is 10.1 Å². The molecule has 2 N–H and O–H groups in total. The van der Waals surface area contributed by atoms with Crippen LogP contribution in [0.15, 0.2) is 30.3 Å². The fraction of sp³-hybridized carbons (Fsp3) is 0.474. The summed E-state index contributed by atoms with van der Waals surface area (Å²) in [6, 6.07) is 9.76. The van der Waals surface area contributed by atoms with Gasteiger partial charge in [-0.05, 0) is 45.9 Å². The number of nitrogens with one attached hydrogen (secondary N) is 2. The molecule has 1 aromatic carbocycles. The second-order valence-corrected chi connectivity index (χ2v) is 6.84. The summed E-state index contributed by atoms with van der Waals surface area (Å²) in [5.41, 5.74) is 1.86. The molecule has 1 amide bonds. The maximum Gasteiger partial charge on any atom is 0.412 e. The van der Waals surface area contributed by atoms with Crippen LogP contribution in [0.25, 0.3) is 10.9 Å². The van der Waals surface area contributed by atoms with Crippen molar-refractivity contribution in [3.05, 3.63) is 36.0 Å². The van der Waals surface area contributed by atoms with E-state index < -0.39 is 11.7 Å². The number of rotatable bonds is 6. The zero-order valence-corrected chi connectivity index (χ0v) is 15.0. The van der Waals surface area contributed by atoms with Gasteiger partial charge in [-0.3, -0.25) is 5.32 Å². The molecular weight excluding hydrogens is 302 g/mol. The third-order valence-electron chi connectivity index (χ3n) is 3.43. The minimum absolute atomic E-state index is 0.469. The molecule has 2 rings (SSSR count). The minimum atomic E-state index is -0.531. The van der Waals surface area contributed by atoms with Gasteiger partial charge in [0.15, 0.2) is 0 Å². The molecule has 0 aliphatic heterocycles. The highest BCUT2D eigenvalue weighted by Crippen LogP contribution is 2.22. The van der Waals surface area contributed by atoms with E-state index in [9.17, 15) is 4.79 Å². The van der Waals surface area contributed by atoms with Crippen LogP contribution in [-0.4, -0.2) is 23.2 Å². The number of carbonyl (C=O) groups excluding carboxylic acids is 1. The van der Waals surface area contributed by atoms with Crippen molar-refractivity contribution in [2.45, 2.75) is 52.7 Å². The number of benzene rings is 1. The Bertz CT molecular complexity index is 693. The van der Waals surface area contributed by atoms with Crippen molar-refractivity contribution < 1.29 is 9.53 Å². The van der Waals surface area contributed by atoms with Gasteiger partial charge in [-0.2, -0.15) is 0 Å². The third-order valence-corrected chi connectivity index (χ3v) is 3.43. The highest BCUT2D eigenvalue weighted by atomic mass is 16.6. The summed E-state index contributed by atoms with van der Waals surface area (Å²) >= 11 is 0. The molecule has 130 valence electrons. The van der Waals surface area contributed by atoms with Crippen LogP contribution in [0.4, 0.5) is 10.5 Å². The van der Waals surface area contributed by atoms with Crippen molar-refractivity contribution in [3.63, 3.8) is 0 Å². The van der Waals surface area contributed by atoms with Crippen LogP contribution in [0.2, 0.25) is 0 Å². The smallest absolute Gasteiger partial charge is 0.412 e. The summed E-state index contributed by atoms with van der Waals surface area (Å²) in [4.78, 5) is 16.7. The Labute approximate surface area is 143 Å². The highest BCUT2D eigenvalue weighted by molar-refractivity contribution is 5.97. The number of para-hydroxylation sites is 1. The molecular formula is C19H27N3O2. The molecule has 0 saturated heterocycles. The number of fused-ring (bicyclic) bond motifs is 1. The van der Waals surface area contributed by atoms with Crippen LogP contribution in [0.1, 0.15) is 46.2 Å². The summed E-state index contributed by atoms with van der Waals surface area (Å²) in [6.45, 7) is 9.39. The van der Waals surface area contributed by atoms with Crippen molar-refractivity contribution in [3.8, 4) is 0 Å². The van der Waals surface area contributed by atoms with E-state index >= 15 is 0 Å². The van der Waals surface area contributed by atoms with E-state index in [4.69, 9.17) is 4.74 Å². The number of nitrogens with zero attached hydrogens (tertiary/aromatic N) is 1. The lowest BCUT2D eigenvalue weighted by Crippen LogP contribution is -2.27. The van der Waals surface area contributed by atoms with Gasteiger partial charge in [0.1, 0.15) is 5.60 Å². The van der Waals surface area contributed by atoms with Crippen molar-refractivity contribution in [2.75, 3.05) is 11.9 Å². The second kappa shape index (κ2) is 8.11. The van der Waals surface area contributed by atoms with Crippen LogP contribution in [-0.2, 0) is 11.3 Å². The number of ether oxygens (including phenoxy) is 1. The maximum atomic E-state index is 12.0. The Morgan fingerprint density at radius 3 is 2.71 bits per heavy atom. The SMILES string of the molecule is CCCCNCc1ccc2cccc(NC(=O)OC(C)(C)C)c2n1. The second-order valence-electron chi connectivity index (χ2n) is 6.84. The summed E-state index contributed by atoms with van der Waals surface area (Å²) in [7, 11) is 0. The Kier molecular flexibility index (Phi) is 6.15. The summed E-state index contributed by atoms with van der Waals surface area (Å²) in [5, 5.41) is 7.17. The van der Waals surface area contributed by atoms with Gasteiger partial charge in [0.05, 0.1) is 16.9 Å². The van der Waals surface area contributed by atoms with E-state index in [1.807, 2.05) is 51.1 Å². The van der Waals surface area contributed by atoms with E-state index in [0.29, 0.717) is 5.69 Å². The molecule has 1 heterocycles. The lowest BCUT2D eigenvalue weighted by Gasteiger charge is -2.20. The molecule has 24 heavy (non-hydrogen) atoms. The van der Waals surface area contributed by atoms with Crippen molar-refractivity contribution in [1.82, 2.24) is 10.3 Å². The van der Waals surface area contributed by atoms with Gasteiger partial charge in [0.25, 0.3) is 0 Å². The van der Waals surface area contributed by atoms with Crippen molar-refractivity contribution in [2.24, 2.45) is 0 Å². The fourth-order valence-corrected chi connectivity index (χ4v) is 2.32. The van der Waals surface area contributed by atoms with Gasteiger partial charge in [0, 0.05) is 11.9 Å². The monoisotopic (exact) mass is 329 g/mol. The number of unbranched alkanes of at least 4 members (excludes halogenated alkanes) is 1. The Balaban J connectivity index is 2.15. The number of anilines is 1. The molecule has 0 radical (unpaired) electrons. The lowest BCUT2D eigenvalue weighted by molar-refractivity contribution is 0.0636. The van der Waals surface area contributed by atoms with Crippen LogP contribution >= 0.6 is 0 Å². The van der Waals surface area contributed by atoms with Gasteiger partial charge in [-0.15, -0.1) is 0 Å². The van der Waals surface area contributed by atoms with Crippen molar-refractivity contribution in [1.29, 1.82) is 0 Å². The highest BCUT2D eigenvalue weighted by Gasteiger charge is 2.17. The predicted molar refractivity (Wildman–Crippen MR) is 98.2 cm³/mol. The Hall–Kier alpha value is -2.14. The molecule has 5 heteroatoms. The van der Waals surface area contributed by atoms with Crippen LogP contribution in [0.3, 0.4) is 0 Å². The third kappa shape index (κ3) is 5.49. The fourth-order valence-electron chi connectivity index (χ4n) is 2.32. The Morgan fingerprint density at radius 2 is 2.00 bits per heavy atom. The van der Waals surface area contributed by atoms with E-state index in [1.165, 1.54) is 6.42 Å². The van der Waals surface area contributed by atoms with E-state index in [2.05, 4.69) is 22.5 Å². The normalized spacial score (nSPS) is 11.5. The number of pyridine rings is 1. The van der Waals surface area contributed by atoms with Gasteiger partial charge in [-0.1, -0.05) is 31.5 Å². The molecule has 0 atom stereocenters. The molecule has 0 aliphatic rings. The van der Waals surface area contributed by atoms with Gasteiger partial charge in [0.2, 0.25) is 0 Å². The van der Waals surface area contributed by atoms with Crippen molar-refractivity contribution >= 4 is 22.7 Å². The largest absolute Gasteiger partial charge is 0.444 e. The first kappa shape index (κ1) is 18.2. The lowest BCUT2D eigenvalue weighted by atomic mass is 10.1. The van der Waals surface area contributed by atoms with E-state index in [1.54, 1.807) is 0 Å². The molecule has 1 aromatic heterocycles. The number of hydrogen-bond acceptors (Lipinski definition) is 4. The molecule has 0 saturated carbocycles. The maximum absolute atomic E-state index is 12.0. The van der Waals surface area contributed by atoms with Crippen LogP contribution in [0, 0.1) is 0 Å². The molecule has 0 spiro atoms. The number of hydrogen-bond donors (Lipinski definition) is 2. The minimum Gasteiger partial charge on any atom is -0.444 e. The molecule has 0 fully saturated rings. The molecule has 0 unspecified atom stereocenters. The van der Waals surface area contributed by atoms with Gasteiger partial charge in [-0.25, -0.2) is 9.78 Å². The molecule has 2 aromatic rings. The number of aromatic nitrogens is 1. The molecule has 5 nitrogen and oxygen atoms in total. The zero-order valence-electron chi connectivity index (χ0n) is 15.0. The van der Waals surface area contributed by atoms with Gasteiger partial charge >= 0.3 is 6.09 Å². The Morgan fingerprint density at radius 1 is 1.21 bits per heavy atom. The number of amides is 1. The first-order chi connectivity index (χ1) is 11.4. The molecule has 0 bridgehead atoms. The average Bonchev–Trinajstić information content (AvgIpc) is 2.50.